The minimum Gasteiger partial charge on any atom is -0.478 e. The van der Waals surface area contributed by atoms with E-state index >= 15 is 0 Å². The maximum Gasteiger partial charge on any atom is 0.335 e. The fourth-order valence-corrected chi connectivity index (χ4v) is 7.31. The van der Waals surface area contributed by atoms with Gasteiger partial charge in [-0.25, -0.2) is 22.7 Å². The van der Waals surface area contributed by atoms with Crippen LogP contribution in [0.1, 0.15) is 111 Å². The number of anilines is 3. The first-order valence-electron chi connectivity index (χ1n) is 15.7. The monoisotopic (exact) mass is 730 g/mol. The van der Waals surface area contributed by atoms with E-state index in [0.717, 1.165) is 42.1 Å². The van der Waals surface area contributed by atoms with Gasteiger partial charge in [0.15, 0.2) is 11.5 Å². The molecule has 258 valence electrons. The molecule has 0 saturated carbocycles. The molecule has 1 aromatic heterocycles. The third kappa shape index (κ3) is 11.8. The van der Waals surface area contributed by atoms with Gasteiger partial charge in [-0.15, -0.1) is 0 Å². The lowest BCUT2D eigenvalue weighted by Gasteiger charge is -2.11. The van der Waals surface area contributed by atoms with Gasteiger partial charge in [0.2, 0.25) is 10.0 Å². The van der Waals surface area contributed by atoms with Crippen molar-refractivity contribution in [1.29, 1.82) is 0 Å². The topological polar surface area (TPSA) is 171 Å². The highest BCUT2D eigenvalue weighted by molar-refractivity contribution is 7.92. The van der Waals surface area contributed by atoms with E-state index in [4.69, 9.17) is 34.8 Å². The summed E-state index contributed by atoms with van der Waals surface area (Å²) in [5, 5.41) is 24.6. The molecule has 0 atom stereocenters. The molecule has 0 bridgehead atoms. The molecule has 1 heterocycles. The first kappa shape index (κ1) is 38.3. The van der Waals surface area contributed by atoms with Crippen molar-refractivity contribution in [3.63, 3.8) is 0 Å². The highest BCUT2D eigenvalue weighted by atomic mass is 35.5. The molecule has 3 rings (SSSR count). The number of hydrogen-bond acceptors (Lipinski definition) is 6. The summed E-state index contributed by atoms with van der Waals surface area (Å²) in [6.45, 7) is 2.21. The van der Waals surface area contributed by atoms with Crippen molar-refractivity contribution in [1.82, 2.24) is 9.78 Å². The largest absolute Gasteiger partial charge is 0.478 e. The number of rotatable bonds is 21. The molecule has 0 unspecified atom stereocenters. The van der Waals surface area contributed by atoms with Gasteiger partial charge in [-0.1, -0.05) is 119 Å². The summed E-state index contributed by atoms with van der Waals surface area (Å²) in [6.07, 6.45) is 14.2. The number of aromatic amines is 1. The first-order chi connectivity index (χ1) is 22.3. The van der Waals surface area contributed by atoms with E-state index in [1.807, 2.05) is 0 Å². The van der Waals surface area contributed by atoms with E-state index in [9.17, 15) is 33.0 Å². The Bertz CT molecular complexity index is 1650. The molecule has 2 aromatic carbocycles. The molecule has 11 nitrogen and oxygen atoms in total. The highest BCUT2D eigenvalue weighted by Crippen LogP contribution is 2.33. The summed E-state index contributed by atoms with van der Waals surface area (Å²) in [4.78, 5) is 36.9. The van der Waals surface area contributed by atoms with E-state index in [2.05, 4.69) is 22.1 Å². The van der Waals surface area contributed by atoms with Gasteiger partial charge in [0.1, 0.15) is 5.69 Å². The number of unbranched alkanes of at least 4 members (excludes halogenated alkanes) is 12. The minimum absolute atomic E-state index is 0.0141. The van der Waals surface area contributed by atoms with Crippen LogP contribution in [0.2, 0.25) is 15.1 Å². The summed E-state index contributed by atoms with van der Waals surface area (Å²) < 4.78 is 29.5. The molecule has 5 N–H and O–H groups in total. The number of carbonyl (C=O) groups is 2. The Labute approximate surface area is 289 Å². The summed E-state index contributed by atoms with van der Waals surface area (Å²) in [5.74, 6) is -3.22. The van der Waals surface area contributed by atoms with Crippen molar-refractivity contribution >= 4 is 74.0 Å². The van der Waals surface area contributed by atoms with E-state index in [1.54, 1.807) is 0 Å². The Morgan fingerprint density at radius 1 is 0.766 bits per heavy atom. The van der Waals surface area contributed by atoms with E-state index in [0.29, 0.717) is 12.8 Å². The first-order valence-corrected chi connectivity index (χ1v) is 18.5. The average Bonchev–Trinajstić information content (AvgIpc) is 3.27. The quantitative estimate of drug-likeness (QED) is 0.0676. The number of carboxylic acid groups (broad SMARTS) is 2. The van der Waals surface area contributed by atoms with Crippen LogP contribution in [0.25, 0.3) is 5.69 Å². The number of carboxylic acids is 2. The van der Waals surface area contributed by atoms with Crippen LogP contribution in [-0.4, -0.2) is 46.1 Å². The van der Waals surface area contributed by atoms with Gasteiger partial charge in [-0.3, -0.25) is 14.6 Å². The van der Waals surface area contributed by atoms with Crippen molar-refractivity contribution in [3.8, 4) is 5.69 Å². The van der Waals surface area contributed by atoms with Crippen molar-refractivity contribution in [2.24, 2.45) is 0 Å². The number of H-pyrrole nitrogens is 1. The van der Waals surface area contributed by atoms with Crippen LogP contribution in [0.15, 0.2) is 35.1 Å². The van der Waals surface area contributed by atoms with E-state index in [-0.39, 0.29) is 49.1 Å². The van der Waals surface area contributed by atoms with Gasteiger partial charge in [0.05, 0.1) is 26.9 Å². The maximum atomic E-state index is 13.6. The Hall–Kier alpha value is -3.19. The molecule has 0 saturated heterocycles. The molecule has 0 aliphatic carbocycles. The molecule has 0 spiro atoms. The maximum absolute atomic E-state index is 13.6. The van der Waals surface area contributed by atoms with Gasteiger partial charge < -0.3 is 15.5 Å². The summed E-state index contributed by atoms with van der Waals surface area (Å²) in [7, 11) is -4.02. The smallest absolute Gasteiger partial charge is 0.335 e. The number of sulfonamides is 1. The fourth-order valence-electron chi connectivity index (χ4n) is 5.14. The van der Waals surface area contributed by atoms with Crippen LogP contribution >= 0.6 is 34.8 Å². The number of halogens is 3. The zero-order chi connectivity index (χ0) is 34.6. The minimum atomic E-state index is -4.02. The van der Waals surface area contributed by atoms with Crippen molar-refractivity contribution in [3.05, 3.63) is 66.9 Å². The van der Waals surface area contributed by atoms with Crippen molar-refractivity contribution in [2.75, 3.05) is 15.8 Å². The Morgan fingerprint density at radius 3 is 1.70 bits per heavy atom. The number of aromatic carboxylic acids is 2. The van der Waals surface area contributed by atoms with Gasteiger partial charge >= 0.3 is 11.9 Å². The summed E-state index contributed by atoms with van der Waals surface area (Å²) in [5.41, 5.74) is -2.05. The molecular weight excluding hydrogens is 691 g/mol. The third-order valence-corrected chi connectivity index (χ3v) is 9.70. The lowest BCUT2D eigenvalue weighted by molar-refractivity contribution is 0.0696. The molecule has 0 amide bonds. The second-order valence-corrected chi connectivity index (χ2v) is 14.5. The molecule has 0 fully saturated rings. The lowest BCUT2D eigenvalue weighted by Crippen LogP contribution is -2.23. The van der Waals surface area contributed by atoms with Crippen LogP contribution in [-0.2, 0) is 10.0 Å². The Balaban J connectivity index is 1.74. The van der Waals surface area contributed by atoms with Crippen LogP contribution in [0.3, 0.4) is 0 Å². The zero-order valence-corrected chi connectivity index (χ0v) is 29.3. The number of nitrogens with one attached hydrogen (secondary N) is 3. The molecule has 0 aliphatic heterocycles. The lowest BCUT2D eigenvalue weighted by atomic mass is 10.1. The molecule has 47 heavy (non-hydrogen) atoms. The van der Waals surface area contributed by atoms with Crippen LogP contribution in [0.5, 0.6) is 0 Å². The zero-order valence-electron chi connectivity index (χ0n) is 26.2. The Kier molecular flexibility index (Phi) is 15.0. The second kappa shape index (κ2) is 18.4. The van der Waals surface area contributed by atoms with Crippen LogP contribution in [0.4, 0.5) is 17.2 Å². The molecule has 0 aliphatic rings. The predicted molar refractivity (Wildman–Crippen MR) is 188 cm³/mol. The van der Waals surface area contributed by atoms with E-state index < -0.39 is 33.2 Å². The van der Waals surface area contributed by atoms with Gasteiger partial charge in [-0.05, 0) is 36.8 Å². The van der Waals surface area contributed by atoms with E-state index in [1.165, 1.54) is 63.5 Å². The second-order valence-electron chi connectivity index (χ2n) is 11.4. The molecule has 0 radical (unpaired) electrons. The molecule has 15 heteroatoms. The number of hydrogen-bond donors (Lipinski definition) is 5. The van der Waals surface area contributed by atoms with Crippen LogP contribution < -0.4 is 15.6 Å². The number of aromatic nitrogens is 2. The normalized spacial score (nSPS) is 11.5. The number of nitrogens with zero attached hydrogens (tertiary/aromatic N) is 1. The van der Waals surface area contributed by atoms with Gasteiger partial charge in [0.25, 0.3) is 5.56 Å². The highest BCUT2D eigenvalue weighted by Gasteiger charge is 2.24. The summed E-state index contributed by atoms with van der Waals surface area (Å²) >= 11 is 18.7. The third-order valence-electron chi connectivity index (χ3n) is 7.57. The van der Waals surface area contributed by atoms with Gasteiger partial charge in [0, 0.05) is 10.7 Å². The number of benzene rings is 2. The standard InChI is InChI=1S/C32H41Cl3N4O7S/c1-2-3-4-5-6-7-8-9-10-11-12-13-14-15-47(45,46)38-27-29(36-24-17-21(31(41)42)16-22(18-24)32(43)44)37-39(30(27)40)28-25(34)19-23(33)20-26(28)35/h16-20,36-38H,2-15H2,1H3,(H,41,42)(H,43,44). The molecule has 3 aromatic rings. The van der Waals surface area contributed by atoms with Gasteiger partial charge in [-0.2, -0.15) is 0 Å². The average molecular weight is 732 g/mol. The summed E-state index contributed by atoms with van der Waals surface area (Å²) in [6, 6.07) is 5.94. The Morgan fingerprint density at radius 2 is 1.23 bits per heavy atom. The fraction of sp³-hybridized carbons (Fsp3) is 0.469. The SMILES string of the molecule is CCCCCCCCCCCCCCCS(=O)(=O)Nc1c(Nc2cc(C(=O)O)cc(C(=O)O)c2)[nH]n(-c2c(Cl)cc(Cl)cc2Cl)c1=O. The van der Waals surface area contributed by atoms with Crippen LogP contribution in [0, 0.1) is 0 Å². The van der Waals surface area contributed by atoms with Crippen molar-refractivity contribution < 1.29 is 28.2 Å². The molecular formula is C32H41Cl3N4O7S. The predicted octanol–water partition coefficient (Wildman–Crippen LogP) is 9.10. The van der Waals surface area contributed by atoms with Crippen molar-refractivity contribution in [2.45, 2.75) is 90.4 Å².